The van der Waals surface area contributed by atoms with Crippen molar-refractivity contribution in [1.82, 2.24) is 5.32 Å². The molecule has 1 atom stereocenters. The third kappa shape index (κ3) is 3.40. The SMILES string of the molecule is C#CC(C)NC1CCC(CC)CC1. The molecule has 0 amide bonds. The maximum Gasteiger partial charge on any atom is 0.0660 e. The van der Waals surface area contributed by atoms with Crippen molar-refractivity contribution in [2.24, 2.45) is 5.92 Å². The van der Waals surface area contributed by atoms with E-state index in [1.807, 2.05) is 0 Å². The lowest BCUT2D eigenvalue weighted by Crippen LogP contribution is -2.38. The fraction of sp³-hybridized carbons (Fsp3) is 0.833. The molecule has 74 valence electrons. The molecule has 0 heterocycles. The molecule has 1 rings (SSSR count). The van der Waals surface area contributed by atoms with Crippen LogP contribution in [0.5, 0.6) is 0 Å². The molecular weight excluding hydrogens is 158 g/mol. The maximum atomic E-state index is 5.33. The fourth-order valence-electron chi connectivity index (χ4n) is 2.14. The summed E-state index contributed by atoms with van der Waals surface area (Å²) in [5, 5.41) is 3.48. The van der Waals surface area contributed by atoms with Gasteiger partial charge in [0.05, 0.1) is 6.04 Å². The van der Waals surface area contributed by atoms with Crippen LogP contribution < -0.4 is 5.32 Å². The fourth-order valence-corrected chi connectivity index (χ4v) is 2.14. The topological polar surface area (TPSA) is 12.0 Å². The molecule has 13 heavy (non-hydrogen) atoms. The van der Waals surface area contributed by atoms with Crippen molar-refractivity contribution < 1.29 is 0 Å². The lowest BCUT2D eigenvalue weighted by molar-refractivity contribution is 0.281. The van der Waals surface area contributed by atoms with Gasteiger partial charge in [-0.15, -0.1) is 6.42 Å². The van der Waals surface area contributed by atoms with Crippen molar-refractivity contribution in [2.75, 3.05) is 0 Å². The highest BCUT2D eigenvalue weighted by molar-refractivity contribution is 4.97. The summed E-state index contributed by atoms with van der Waals surface area (Å²) < 4.78 is 0. The Labute approximate surface area is 82.3 Å². The number of hydrogen-bond donors (Lipinski definition) is 1. The first-order valence-corrected chi connectivity index (χ1v) is 5.48. The molecule has 0 aromatic carbocycles. The Morgan fingerprint density at radius 3 is 2.46 bits per heavy atom. The van der Waals surface area contributed by atoms with Crippen molar-refractivity contribution in [3.63, 3.8) is 0 Å². The molecule has 0 spiro atoms. The molecule has 0 radical (unpaired) electrons. The molecule has 1 unspecified atom stereocenters. The third-order valence-corrected chi connectivity index (χ3v) is 3.16. The van der Waals surface area contributed by atoms with E-state index in [1.165, 1.54) is 32.1 Å². The molecule has 0 aliphatic heterocycles. The van der Waals surface area contributed by atoms with Crippen LogP contribution in [0.3, 0.4) is 0 Å². The molecule has 1 saturated carbocycles. The molecule has 1 aliphatic carbocycles. The molecule has 0 bridgehead atoms. The first kappa shape index (κ1) is 10.6. The molecule has 1 fully saturated rings. The predicted molar refractivity (Wildman–Crippen MR) is 57.5 cm³/mol. The minimum absolute atomic E-state index is 0.239. The van der Waals surface area contributed by atoms with Gasteiger partial charge in [-0.05, 0) is 38.5 Å². The third-order valence-electron chi connectivity index (χ3n) is 3.16. The van der Waals surface area contributed by atoms with Gasteiger partial charge in [-0.3, -0.25) is 0 Å². The van der Waals surface area contributed by atoms with Crippen LogP contribution in [0, 0.1) is 18.3 Å². The van der Waals surface area contributed by atoms with E-state index < -0.39 is 0 Å². The van der Waals surface area contributed by atoms with Crippen molar-refractivity contribution in [3.8, 4) is 12.3 Å². The summed E-state index contributed by atoms with van der Waals surface area (Å²) in [6.07, 6.45) is 12.1. The van der Waals surface area contributed by atoms with Gasteiger partial charge in [-0.1, -0.05) is 19.3 Å². The van der Waals surface area contributed by atoms with E-state index >= 15 is 0 Å². The Kier molecular flexibility index (Phi) is 4.32. The monoisotopic (exact) mass is 179 g/mol. The predicted octanol–water partition coefficient (Wildman–Crippen LogP) is 2.57. The van der Waals surface area contributed by atoms with Gasteiger partial charge in [0.1, 0.15) is 0 Å². The Morgan fingerprint density at radius 2 is 2.00 bits per heavy atom. The molecule has 1 aliphatic rings. The van der Waals surface area contributed by atoms with Gasteiger partial charge in [0.15, 0.2) is 0 Å². The van der Waals surface area contributed by atoms with Crippen LogP contribution in [-0.4, -0.2) is 12.1 Å². The van der Waals surface area contributed by atoms with Gasteiger partial charge in [-0.25, -0.2) is 0 Å². The summed E-state index contributed by atoms with van der Waals surface area (Å²) in [4.78, 5) is 0. The highest BCUT2D eigenvalue weighted by Crippen LogP contribution is 2.26. The van der Waals surface area contributed by atoms with Gasteiger partial charge < -0.3 is 5.32 Å². The standard InChI is InChI=1S/C12H21N/c1-4-10(3)13-12-8-6-11(5-2)7-9-12/h1,10-13H,5-9H2,2-3H3. The zero-order chi connectivity index (χ0) is 9.68. The number of terminal acetylenes is 1. The van der Waals surface area contributed by atoms with Crippen molar-refractivity contribution in [3.05, 3.63) is 0 Å². The largest absolute Gasteiger partial charge is 0.301 e. The van der Waals surface area contributed by atoms with Crippen molar-refractivity contribution in [1.29, 1.82) is 0 Å². The zero-order valence-electron chi connectivity index (χ0n) is 8.84. The number of hydrogen-bond acceptors (Lipinski definition) is 1. The van der Waals surface area contributed by atoms with Crippen LogP contribution in [0.2, 0.25) is 0 Å². The van der Waals surface area contributed by atoms with Crippen LogP contribution in [0.15, 0.2) is 0 Å². The average molecular weight is 179 g/mol. The van der Waals surface area contributed by atoms with E-state index in [0.29, 0.717) is 6.04 Å². The Hall–Kier alpha value is -0.480. The summed E-state index contributed by atoms with van der Waals surface area (Å²) in [6, 6.07) is 0.914. The zero-order valence-corrected chi connectivity index (χ0v) is 8.84. The van der Waals surface area contributed by atoms with Crippen LogP contribution in [0.4, 0.5) is 0 Å². The summed E-state index contributed by atoms with van der Waals surface area (Å²) in [5.41, 5.74) is 0. The van der Waals surface area contributed by atoms with Crippen LogP contribution in [0.1, 0.15) is 46.0 Å². The molecular formula is C12H21N. The molecule has 1 nitrogen and oxygen atoms in total. The second kappa shape index (κ2) is 5.29. The van der Waals surface area contributed by atoms with Gasteiger partial charge in [-0.2, -0.15) is 0 Å². The van der Waals surface area contributed by atoms with E-state index in [2.05, 4.69) is 25.1 Å². The van der Waals surface area contributed by atoms with Gasteiger partial charge in [0.2, 0.25) is 0 Å². The quantitative estimate of drug-likeness (QED) is 0.657. The summed E-state index contributed by atoms with van der Waals surface area (Å²) in [5.74, 6) is 3.70. The molecule has 1 N–H and O–H groups in total. The maximum absolute atomic E-state index is 5.33. The highest BCUT2D eigenvalue weighted by Gasteiger charge is 2.20. The molecule has 0 aromatic rings. The average Bonchev–Trinajstić information content (AvgIpc) is 2.19. The lowest BCUT2D eigenvalue weighted by atomic mass is 9.84. The minimum Gasteiger partial charge on any atom is -0.301 e. The minimum atomic E-state index is 0.239. The molecule has 0 aromatic heterocycles. The van der Waals surface area contributed by atoms with E-state index in [9.17, 15) is 0 Å². The van der Waals surface area contributed by atoms with Crippen LogP contribution in [0.25, 0.3) is 0 Å². The summed E-state index contributed by atoms with van der Waals surface area (Å²) >= 11 is 0. The van der Waals surface area contributed by atoms with Crippen LogP contribution in [-0.2, 0) is 0 Å². The normalized spacial score (nSPS) is 30.8. The second-order valence-electron chi connectivity index (χ2n) is 4.18. The first-order chi connectivity index (χ1) is 6.26. The van der Waals surface area contributed by atoms with E-state index in [-0.39, 0.29) is 6.04 Å². The Morgan fingerprint density at radius 1 is 1.38 bits per heavy atom. The molecule has 0 saturated heterocycles. The Bertz CT molecular complexity index is 172. The van der Waals surface area contributed by atoms with Gasteiger partial charge in [0.25, 0.3) is 0 Å². The summed E-state index contributed by atoms with van der Waals surface area (Å²) in [7, 11) is 0. The van der Waals surface area contributed by atoms with E-state index in [4.69, 9.17) is 6.42 Å². The van der Waals surface area contributed by atoms with Gasteiger partial charge >= 0.3 is 0 Å². The second-order valence-corrected chi connectivity index (χ2v) is 4.18. The number of nitrogens with one attached hydrogen (secondary N) is 1. The smallest absolute Gasteiger partial charge is 0.0660 e. The first-order valence-electron chi connectivity index (χ1n) is 5.48. The van der Waals surface area contributed by atoms with Gasteiger partial charge in [0, 0.05) is 6.04 Å². The summed E-state index contributed by atoms with van der Waals surface area (Å²) in [6.45, 7) is 4.36. The molecule has 1 heteroatoms. The van der Waals surface area contributed by atoms with Crippen LogP contribution >= 0.6 is 0 Å². The Balaban J connectivity index is 2.22. The van der Waals surface area contributed by atoms with Crippen molar-refractivity contribution >= 4 is 0 Å². The lowest BCUT2D eigenvalue weighted by Gasteiger charge is -2.29. The number of rotatable bonds is 3. The van der Waals surface area contributed by atoms with Crippen molar-refractivity contribution in [2.45, 2.75) is 58.0 Å². The van der Waals surface area contributed by atoms with E-state index in [1.54, 1.807) is 0 Å². The highest BCUT2D eigenvalue weighted by atomic mass is 14.9. The van der Waals surface area contributed by atoms with E-state index in [0.717, 1.165) is 5.92 Å².